The number of urea groups is 1. The number of rotatable bonds is 5. The van der Waals surface area contributed by atoms with E-state index in [0.29, 0.717) is 24.9 Å². The molecule has 1 atom stereocenters. The van der Waals surface area contributed by atoms with Crippen LogP contribution in [0.2, 0.25) is 0 Å². The average Bonchev–Trinajstić information content (AvgIpc) is 3.28. The maximum atomic E-state index is 14.2. The van der Waals surface area contributed by atoms with Gasteiger partial charge in [-0.25, -0.2) is 13.8 Å². The number of aliphatic imine (C=N–C) groups is 1. The Morgan fingerprint density at radius 2 is 1.97 bits per heavy atom. The smallest absolute Gasteiger partial charge is 0.381 e. The van der Waals surface area contributed by atoms with Gasteiger partial charge in [-0.2, -0.15) is 0 Å². The highest BCUT2D eigenvalue weighted by atomic mass is 19.1. The first-order chi connectivity index (χ1) is 14.8. The molecule has 1 aromatic heterocycles. The van der Waals surface area contributed by atoms with Crippen molar-refractivity contribution >= 4 is 23.7 Å². The predicted octanol–water partition coefficient (Wildman–Crippen LogP) is 1.38. The minimum absolute atomic E-state index is 0.161. The molecule has 1 unspecified atom stereocenters. The Balaban J connectivity index is 1.77. The van der Waals surface area contributed by atoms with E-state index in [4.69, 9.17) is 4.74 Å². The molecule has 0 radical (unpaired) electrons. The summed E-state index contributed by atoms with van der Waals surface area (Å²) in [6.45, 7) is 4.32. The van der Waals surface area contributed by atoms with Crippen molar-refractivity contribution in [3.8, 4) is 0 Å². The largest absolute Gasteiger partial charge is 0.421 e. The molecule has 162 valence electrons. The number of ether oxygens (including phenoxy) is 1. The van der Waals surface area contributed by atoms with Crippen molar-refractivity contribution in [1.29, 1.82) is 0 Å². The van der Waals surface area contributed by atoms with E-state index in [1.165, 1.54) is 11.0 Å². The second kappa shape index (κ2) is 8.03. The van der Waals surface area contributed by atoms with Crippen molar-refractivity contribution in [2.24, 2.45) is 4.99 Å². The normalized spacial score (nSPS) is 18.7. The van der Waals surface area contributed by atoms with Crippen LogP contribution in [-0.2, 0) is 16.1 Å². The van der Waals surface area contributed by atoms with Crippen LogP contribution in [0.15, 0.2) is 35.3 Å². The van der Waals surface area contributed by atoms with Gasteiger partial charge in [-0.1, -0.05) is 23.2 Å². The molecule has 0 aliphatic carbocycles. The number of nitrogens with zero attached hydrogens (tertiary/aromatic N) is 6. The lowest BCUT2D eigenvalue weighted by atomic mass is 10.1. The zero-order valence-corrected chi connectivity index (χ0v) is 17.9. The van der Waals surface area contributed by atoms with E-state index in [0.717, 1.165) is 16.3 Å². The number of halogens is 1. The lowest BCUT2D eigenvalue weighted by Crippen LogP contribution is -2.62. The Kier molecular flexibility index (Phi) is 5.40. The number of aryl methyl sites for hydroxylation is 2. The maximum Gasteiger partial charge on any atom is 0.421 e. The fourth-order valence-electron chi connectivity index (χ4n) is 3.87. The van der Waals surface area contributed by atoms with Crippen molar-refractivity contribution in [3.63, 3.8) is 0 Å². The number of likely N-dealkylation sites (N-methyl/N-ethyl adjacent to an activating group) is 1. The Morgan fingerprint density at radius 3 is 2.61 bits per heavy atom. The fraction of sp³-hybridized carbons (Fsp3) is 0.381. The van der Waals surface area contributed by atoms with E-state index in [1.54, 1.807) is 41.6 Å². The monoisotopic (exact) mass is 427 g/mol. The van der Waals surface area contributed by atoms with Gasteiger partial charge in [0.25, 0.3) is 5.91 Å². The number of hydrogen-bond donors (Lipinski definition) is 0. The molecule has 2 aliphatic rings. The van der Waals surface area contributed by atoms with Crippen LogP contribution in [-0.4, -0.2) is 81.2 Å². The number of methoxy groups -OCH3 is 1. The second-order valence-corrected chi connectivity index (χ2v) is 7.56. The number of carbonyl (C=O) groups is 2. The number of amides is 3. The molecule has 1 saturated heterocycles. The Morgan fingerprint density at radius 1 is 1.23 bits per heavy atom. The molecule has 0 spiro atoms. The summed E-state index contributed by atoms with van der Waals surface area (Å²) < 4.78 is 22.9. The molecular weight excluding hydrogens is 403 g/mol. The molecule has 0 N–H and O–H groups in total. The quantitative estimate of drug-likeness (QED) is 0.675. The van der Waals surface area contributed by atoms with Gasteiger partial charge in [0.15, 0.2) is 0 Å². The Hall–Kier alpha value is -3.40. The van der Waals surface area contributed by atoms with Gasteiger partial charge in [0, 0.05) is 19.7 Å². The van der Waals surface area contributed by atoms with Crippen LogP contribution in [0.3, 0.4) is 0 Å². The molecule has 3 heterocycles. The lowest BCUT2D eigenvalue weighted by molar-refractivity contribution is -0.539. The average molecular weight is 427 g/mol. The maximum absolute atomic E-state index is 14.2. The minimum Gasteiger partial charge on any atom is -0.381 e. The highest BCUT2D eigenvalue weighted by molar-refractivity contribution is 6.22. The number of carbonyl (C=O) groups excluding carboxylic acids is 2. The third-order valence-corrected chi connectivity index (χ3v) is 5.41. The van der Waals surface area contributed by atoms with E-state index in [-0.39, 0.29) is 12.1 Å². The van der Waals surface area contributed by atoms with Gasteiger partial charge >= 0.3 is 12.0 Å². The number of amidine groups is 1. The van der Waals surface area contributed by atoms with Crippen molar-refractivity contribution in [3.05, 3.63) is 53.1 Å². The zero-order valence-electron chi connectivity index (χ0n) is 17.9. The summed E-state index contributed by atoms with van der Waals surface area (Å²) in [5.74, 6) is -0.165. The SMILES string of the molecule is COCC[N+]1=C(n2nc(C)cc2C)N=C2C1C(=O)N(Cc1ccccc1F)C(=O)N2C. The van der Waals surface area contributed by atoms with E-state index < -0.39 is 23.8 Å². The number of hydrogen-bond acceptors (Lipinski definition) is 5. The Bertz CT molecular complexity index is 1120. The van der Waals surface area contributed by atoms with Crippen LogP contribution in [0, 0.1) is 19.7 Å². The number of aromatic nitrogens is 2. The molecule has 9 nitrogen and oxygen atoms in total. The topological polar surface area (TPSA) is 83.0 Å². The minimum atomic E-state index is -0.830. The van der Waals surface area contributed by atoms with Crippen LogP contribution in [0.1, 0.15) is 17.0 Å². The van der Waals surface area contributed by atoms with Crippen LogP contribution in [0.4, 0.5) is 9.18 Å². The third-order valence-electron chi connectivity index (χ3n) is 5.41. The summed E-state index contributed by atoms with van der Waals surface area (Å²) in [6.07, 6.45) is 0. The van der Waals surface area contributed by atoms with Crippen LogP contribution < -0.4 is 0 Å². The molecule has 3 amide bonds. The van der Waals surface area contributed by atoms with Crippen LogP contribution >= 0.6 is 0 Å². The molecule has 2 aromatic rings. The van der Waals surface area contributed by atoms with Gasteiger partial charge in [0.1, 0.15) is 11.5 Å². The molecule has 2 aliphatic heterocycles. The van der Waals surface area contributed by atoms with Crippen LogP contribution in [0.25, 0.3) is 0 Å². The molecule has 0 bridgehead atoms. The van der Waals surface area contributed by atoms with Gasteiger partial charge in [-0.05, 0) is 26.0 Å². The highest BCUT2D eigenvalue weighted by Crippen LogP contribution is 2.23. The van der Waals surface area contributed by atoms with Crippen molar-refractivity contribution < 1.29 is 23.3 Å². The van der Waals surface area contributed by atoms with Gasteiger partial charge in [-0.3, -0.25) is 14.6 Å². The summed E-state index contributed by atoms with van der Waals surface area (Å²) in [5.41, 5.74) is 1.92. The summed E-state index contributed by atoms with van der Waals surface area (Å²) in [7, 11) is 3.14. The molecule has 0 saturated carbocycles. The third kappa shape index (κ3) is 3.52. The standard InChI is InChI=1S/C21H24FN6O3/c1-13-11-14(2)28(24-13)20-23-18-17(26(20)9-10-31-4)19(29)27(21(30)25(18)3)12-15-7-5-6-8-16(15)22/h5-8,11,17H,9-10,12H2,1-4H3/q+1. The van der Waals surface area contributed by atoms with E-state index in [9.17, 15) is 14.0 Å². The summed E-state index contributed by atoms with van der Waals surface area (Å²) >= 11 is 0. The van der Waals surface area contributed by atoms with E-state index >= 15 is 0 Å². The fourth-order valence-corrected chi connectivity index (χ4v) is 3.87. The summed E-state index contributed by atoms with van der Waals surface area (Å²) in [5, 5.41) is 4.49. The molecule has 1 aromatic carbocycles. The number of imide groups is 1. The highest BCUT2D eigenvalue weighted by Gasteiger charge is 2.53. The summed E-state index contributed by atoms with van der Waals surface area (Å²) in [6, 6.07) is 6.63. The van der Waals surface area contributed by atoms with E-state index in [1.807, 2.05) is 19.9 Å². The predicted molar refractivity (Wildman–Crippen MR) is 110 cm³/mol. The van der Waals surface area contributed by atoms with Gasteiger partial charge in [0.2, 0.25) is 11.9 Å². The van der Waals surface area contributed by atoms with Gasteiger partial charge < -0.3 is 4.74 Å². The van der Waals surface area contributed by atoms with Crippen molar-refractivity contribution in [1.82, 2.24) is 19.6 Å². The van der Waals surface area contributed by atoms with Gasteiger partial charge in [-0.15, -0.1) is 9.78 Å². The first-order valence-corrected chi connectivity index (χ1v) is 9.90. The molecule has 1 fully saturated rings. The first kappa shape index (κ1) is 20.9. The lowest BCUT2D eigenvalue weighted by Gasteiger charge is -2.34. The summed E-state index contributed by atoms with van der Waals surface area (Å²) in [4.78, 5) is 33.5. The molecular formula is C21H24FN6O3+. The molecule has 31 heavy (non-hydrogen) atoms. The molecule has 10 heteroatoms. The number of fused-ring (bicyclic) bond motifs is 1. The Labute approximate surface area is 179 Å². The van der Waals surface area contributed by atoms with E-state index in [2.05, 4.69) is 10.1 Å². The van der Waals surface area contributed by atoms with Gasteiger partial charge in [0.05, 0.1) is 25.4 Å². The zero-order chi connectivity index (χ0) is 22.3. The first-order valence-electron chi connectivity index (χ1n) is 9.90. The number of benzene rings is 1. The molecule has 4 rings (SSSR count). The van der Waals surface area contributed by atoms with Crippen molar-refractivity contribution in [2.45, 2.75) is 26.4 Å². The van der Waals surface area contributed by atoms with Crippen LogP contribution in [0.5, 0.6) is 0 Å². The second-order valence-electron chi connectivity index (χ2n) is 7.56. The van der Waals surface area contributed by atoms with Crippen molar-refractivity contribution in [2.75, 3.05) is 27.3 Å².